The van der Waals surface area contributed by atoms with Gasteiger partial charge in [0.15, 0.2) is 0 Å². The van der Waals surface area contributed by atoms with Gasteiger partial charge in [0, 0.05) is 0 Å². The highest BCUT2D eigenvalue weighted by Crippen LogP contribution is 2.21. The molecule has 1 aromatic carbocycles. The smallest absolute Gasteiger partial charge is 0.248 e. The minimum atomic E-state index is -0.208. The molecule has 4 heteroatoms. The van der Waals surface area contributed by atoms with Crippen LogP contribution >= 0.6 is 0 Å². The Bertz CT molecular complexity index is 414. The zero-order valence-electron chi connectivity index (χ0n) is 7.50. The fourth-order valence-corrected chi connectivity index (χ4v) is 1.48. The lowest BCUT2D eigenvalue weighted by atomic mass is 10.1. The number of hydrogen-bond donors (Lipinski definition) is 0. The summed E-state index contributed by atoms with van der Waals surface area (Å²) in [7, 11) is 1.50. The molecule has 0 fully saturated rings. The molecule has 0 aromatic heterocycles. The van der Waals surface area contributed by atoms with Crippen LogP contribution in [-0.4, -0.2) is 24.6 Å². The van der Waals surface area contributed by atoms with Gasteiger partial charge in [0.05, 0.1) is 11.1 Å². The first-order chi connectivity index (χ1) is 6.11. The number of fused-ring (bicyclic) bond motifs is 1. The third-order valence-electron chi connectivity index (χ3n) is 2.25. The zero-order valence-corrected chi connectivity index (χ0v) is 7.50. The van der Waals surface area contributed by atoms with E-state index < -0.39 is 0 Å². The number of benzene rings is 1. The molecule has 0 aliphatic carbocycles. The molecule has 2 rings (SSSR count). The Morgan fingerprint density at radius 2 is 1.77 bits per heavy atom. The lowest BCUT2D eigenvalue weighted by molar-refractivity contribution is 0.0766. The van der Waals surface area contributed by atoms with Crippen molar-refractivity contribution in [1.29, 1.82) is 0 Å². The molecule has 0 bridgehead atoms. The van der Waals surface area contributed by atoms with Crippen molar-refractivity contribution in [1.82, 2.24) is 4.81 Å². The molecule has 0 radical (unpaired) electrons. The van der Waals surface area contributed by atoms with Gasteiger partial charge in [-0.1, -0.05) is 11.6 Å². The van der Waals surface area contributed by atoms with Gasteiger partial charge in [-0.3, -0.25) is 9.59 Å². The molecule has 1 aliphatic heterocycles. The summed E-state index contributed by atoms with van der Waals surface area (Å²) < 4.78 is 0. The van der Waals surface area contributed by atoms with E-state index in [2.05, 4.69) is 0 Å². The Morgan fingerprint density at radius 3 is 2.46 bits per heavy atom. The summed E-state index contributed by atoms with van der Waals surface area (Å²) in [5.41, 5.74) is 2.03. The molecule has 1 aromatic rings. The number of rotatable bonds is 0. The maximum Gasteiger partial charge on any atom is 0.248 e. The number of amides is 2. The molecule has 3 nitrogen and oxygen atoms in total. The molecule has 1 aliphatic rings. The van der Waals surface area contributed by atoms with Crippen LogP contribution in [-0.2, 0) is 0 Å². The van der Waals surface area contributed by atoms with Gasteiger partial charge < -0.3 is 4.81 Å². The SMILES string of the molecule is BN1C(=O)c2ccc(C)cc2C1=O. The number of carbonyl (C=O) groups is 2. The lowest BCUT2D eigenvalue weighted by Crippen LogP contribution is -2.26. The van der Waals surface area contributed by atoms with Gasteiger partial charge in [-0.05, 0) is 19.1 Å². The van der Waals surface area contributed by atoms with Crippen LogP contribution in [0.5, 0.6) is 0 Å². The first-order valence-electron chi connectivity index (χ1n) is 4.04. The van der Waals surface area contributed by atoms with Crippen LogP contribution in [0.1, 0.15) is 26.3 Å². The summed E-state index contributed by atoms with van der Waals surface area (Å²) in [5, 5.41) is 0. The van der Waals surface area contributed by atoms with E-state index in [-0.39, 0.29) is 11.8 Å². The molecule has 13 heavy (non-hydrogen) atoms. The second kappa shape index (κ2) is 2.45. The van der Waals surface area contributed by atoms with Gasteiger partial charge in [0.25, 0.3) is 0 Å². The normalized spacial score (nSPS) is 15.0. The average Bonchev–Trinajstić information content (AvgIpc) is 2.32. The van der Waals surface area contributed by atoms with Crippen LogP contribution in [0.4, 0.5) is 0 Å². The van der Waals surface area contributed by atoms with Crippen molar-refractivity contribution < 1.29 is 9.59 Å². The molecule has 0 atom stereocenters. The zero-order chi connectivity index (χ0) is 9.59. The Hall–Kier alpha value is -1.58. The molecule has 64 valence electrons. The summed E-state index contributed by atoms with van der Waals surface area (Å²) in [6, 6.07) is 5.29. The van der Waals surface area contributed by atoms with Gasteiger partial charge in [-0.25, -0.2) is 0 Å². The van der Waals surface area contributed by atoms with Gasteiger partial charge in [-0.15, -0.1) is 0 Å². The predicted molar refractivity (Wildman–Crippen MR) is 50.2 cm³/mol. The molecule has 0 saturated heterocycles. The lowest BCUT2D eigenvalue weighted by Gasteiger charge is -2.03. The molecule has 0 unspecified atom stereocenters. The van der Waals surface area contributed by atoms with E-state index in [9.17, 15) is 9.59 Å². The molecule has 0 spiro atoms. The quantitative estimate of drug-likeness (QED) is 0.413. The Labute approximate surface area is 76.8 Å². The second-order valence-corrected chi connectivity index (χ2v) is 3.22. The van der Waals surface area contributed by atoms with E-state index >= 15 is 0 Å². The standard InChI is InChI=1S/C9H8BNO2/c1-5-2-3-6-7(4-5)9(13)11(10)8(6)12/h2-4H,10H2,1H3. The molecule has 0 N–H and O–H groups in total. The van der Waals surface area contributed by atoms with Crippen molar-refractivity contribution in [3.05, 3.63) is 34.9 Å². The predicted octanol–water partition coefficient (Wildman–Crippen LogP) is 0.139. The number of aryl methyl sites for hydroxylation is 1. The first-order valence-corrected chi connectivity index (χ1v) is 4.04. The van der Waals surface area contributed by atoms with Crippen molar-refractivity contribution in [2.45, 2.75) is 6.92 Å². The molecule has 2 amide bonds. The second-order valence-electron chi connectivity index (χ2n) is 3.22. The molecule has 1 heterocycles. The molecular formula is C9H8BNO2. The van der Waals surface area contributed by atoms with Crippen LogP contribution in [0.3, 0.4) is 0 Å². The average molecular weight is 173 g/mol. The number of hydrogen-bond acceptors (Lipinski definition) is 2. The summed E-state index contributed by atoms with van der Waals surface area (Å²) in [6.07, 6.45) is 0. The summed E-state index contributed by atoms with van der Waals surface area (Å²) >= 11 is 0. The molecule has 0 saturated carbocycles. The first kappa shape index (κ1) is 8.04. The van der Waals surface area contributed by atoms with Crippen LogP contribution in [0.25, 0.3) is 0 Å². The van der Waals surface area contributed by atoms with Crippen molar-refractivity contribution in [3.63, 3.8) is 0 Å². The van der Waals surface area contributed by atoms with E-state index in [4.69, 9.17) is 0 Å². The highest BCUT2D eigenvalue weighted by molar-refractivity contribution is 6.36. The topological polar surface area (TPSA) is 37.4 Å². The maximum atomic E-state index is 11.5. The Morgan fingerprint density at radius 1 is 1.15 bits per heavy atom. The minimum Gasteiger partial charge on any atom is -0.328 e. The van der Waals surface area contributed by atoms with Crippen molar-refractivity contribution in [2.24, 2.45) is 0 Å². The van der Waals surface area contributed by atoms with E-state index in [1.54, 1.807) is 12.1 Å². The van der Waals surface area contributed by atoms with E-state index in [1.807, 2.05) is 13.0 Å². The monoisotopic (exact) mass is 173 g/mol. The van der Waals surface area contributed by atoms with E-state index in [0.29, 0.717) is 11.1 Å². The van der Waals surface area contributed by atoms with Crippen molar-refractivity contribution >= 4 is 19.8 Å². The Kier molecular flexibility index (Phi) is 1.52. The number of imide groups is 1. The molecular weight excluding hydrogens is 165 g/mol. The van der Waals surface area contributed by atoms with Crippen molar-refractivity contribution in [3.8, 4) is 0 Å². The largest absolute Gasteiger partial charge is 0.328 e. The highest BCUT2D eigenvalue weighted by atomic mass is 16.2. The Balaban J connectivity index is 2.67. The number of carbonyl (C=O) groups excluding carboxylic acids is 2. The minimum absolute atomic E-state index is 0.205. The van der Waals surface area contributed by atoms with Crippen LogP contribution in [0, 0.1) is 6.92 Å². The third-order valence-corrected chi connectivity index (χ3v) is 2.25. The fourth-order valence-electron chi connectivity index (χ4n) is 1.48. The summed E-state index contributed by atoms with van der Waals surface area (Å²) in [4.78, 5) is 24.0. The van der Waals surface area contributed by atoms with Gasteiger partial charge >= 0.3 is 0 Å². The number of nitrogens with zero attached hydrogens (tertiary/aromatic N) is 1. The van der Waals surface area contributed by atoms with Gasteiger partial charge in [-0.2, -0.15) is 0 Å². The van der Waals surface area contributed by atoms with Crippen molar-refractivity contribution in [2.75, 3.05) is 0 Å². The third kappa shape index (κ3) is 0.984. The van der Waals surface area contributed by atoms with E-state index in [1.165, 1.54) is 7.98 Å². The van der Waals surface area contributed by atoms with E-state index in [0.717, 1.165) is 10.4 Å². The fraction of sp³-hybridized carbons (Fsp3) is 0.111. The summed E-state index contributed by atoms with van der Waals surface area (Å²) in [5.74, 6) is -0.413. The highest BCUT2D eigenvalue weighted by Gasteiger charge is 2.31. The summed E-state index contributed by atoms with van der Waals surface area (Å²) in [6.45, 7) is 1.90. The van der Waals surface area contributed by atoms with Gasteiger partial charge in [0.1, 0.15) is 0 Å². The van der Waals surface area contributed by atoms with Crippen LogP contribution in [0.2, 0.25) is 0 Å². The van der Waals surface area contributed by atoms with Gasteiger partial charge in [0.2, 0.25) is 19.8 Å². The maximum absolute atomic E-state index is 11.5. The van der Waals surface area contributed by atoms with Crippen LogP contribution < -0.4 is 0 Å². The van der Waals surface area contributed by atoms with Crippen LogP contribution in [0.15, 0.2) is 18.2 Å².